The van der Waals surface area contributed by atoms with Crippen LogP contribution < -0.4 is 4.74 Å². The maximum absolute atomic E-state index is 11.3. The summed E-state index contributed by atoms with van der Waals surface area (Å²) in [4.78, 5) is 10.9. The molecule has 1 aromatic rings. The predicted octanol–water partition coefficient (Wildman–Crippen LogP) is 1.47. The minimum Gasteiger partial charge on any atom is -0.472 e. The lowest BCUT2D eigenvalue weighted by molar-refractivity contribution is -0.386. The van der Waals surface area contributed by atoms with E-state index in [0.717, 1.165) is 12.8 Å². The molecule has 2 rings (SSSR count). The molecular formula is C13H21N3O5. The molecule has 1 N–H and O–H groups in total. The van der Waals surface area contributed by atoms with E-state index in [2.05, 4.69) is 5.10 Å². The quantitative estimate of drug-likeness (QED) is 0.465. The fourth-order valence-corrected chi connectivity index (χ4v) is 2.51. The van der Waals surface area contributed by atoms with Gasteiger partial charge in [-0.05, 0) is 19.3 Å². The number of aliphatic hydroxyl groups excluding tert-OH is 1. The molecule has 0 aliphatic carbocycles. The highest BCUT2D eigenvalue weighted by atomic mass is 16.6. The Morgan fingerprint density at radius 1 is 1.52 bits per heavy atom. The Kier molecular flexibility index (Phi) is 5.51. The maximum atomic E-state index is 11.3. The molecule has 0 amide bonds. The molecule has 0 saturated carbocycles. The average Bonchev–Trinajstić information content (AvgIpc) is 2.87. The first-order chi connectivity index (χ1) is 10.2. The normalized spacial score (nSPS) is 16.1. The van der Waals surface area contributed by atoms with Crippen molar-refractivity contribution in [1.29, 1.82) is 0 Å². The van der Waals surface area contributed by atoms with Gasteiger partial charge in [0.25, 0.3) is 0 Å². The highest BCUT2D eigenvalue weighted by molar-refractivity contribution is 5.46. The molecular weight excluding hydrogens is 278 g/mol. The molecule has 1 aromatic heterocycles. The second kappa shape index (κ2) is 7.37. The molecule has 0 bridgehead atoms. The molecule has 118 valence electrons. The zero-order chi connectivity index (χ0) is 15.2. The summed E-state index contributed by atoms with van der Waals surface area (Å²) in [7, 11) is 0. The van der Waals surface area contributed by atoms with Crippen LogP contribution in [0.4, 0.5) is 5.69 Å². The molecule has 0 radical (unpaired) electrons. The maximum Gasteiger partial charge on any atom is 0.353 e. The molecule has 0 atom stereocenters. The SMILES string of the molecule is CCc1c([N+](=O)[O-])c(OCCCO)nn1C1CCOCC1. The van der Waals surface area contributed by atoms with E-state index in [1.54, 1.807) is 4.68 Å². The van der Waals surface area contributed by atoms with Gasteiger partial charge in [0, 0.05) is 26.2 Å². The second-order valence-electron chi connectivity index (χ2n) is 4.92. The lowest BCUT2D eigenvalue weighted by Gasteiger charge is -2.23. The summed E-state index contributed by atoms with van der Waals surface area (Å²) in [6.07, 6.45) is 2.52. The Morgan fingerprint density at radius 3 is 2.81 bits per heavy atom. The van der Waals surface area contributed by atoms with Gasteiger partial charge in [0.1, 0.15) is 5.69 Å². The first-order valence-electron chi connectivity index (χ1n) is 7.26. The van der Waals surface area contributed by atoms with E-state index in [1.807, 2.05) is 6.92 Å². The molecule has 1 aliphatic rings. The van der Waals surface area contributed by atoms with Crippen molar-refractivity contribution < 1.29 is 19.5 Å². The average molecular weight is 299 g/mol. The summed E-state index contributed by atoms with van der Waals surface area (Å²) in [6.45, 7) is 3.35. The van der Waals surface area contributed by atoms with E-state index in [1.165, 1.54) is 0 Å². The number of aliphatic hydroxyl groups is 1. The number of aromatic nitrogens is 2. The Bertz CT molecular complexity index is 482. The number of hydrogen-bond acceptors (Lipinski definition) is 6. The molecule has 0 aromatic carbocycles. The van der Waals surface area contributed by atoms with Crippen molar-refractivity contribution in [2.45, 2.75) is 38.6 Å². The summed E-state index contributed by atoms with van der Waals surface area (Å²) in [5.41, 5.74) is 0.535. The summed E-state index contributed by atoms with van der Waals surface area (Å²) < 4.78 is 12.4. The molecule has 0 unspecified atom stereocenters. The third-order valence-corrected chi connectivity index (χ3v) is 3.55. The molecule has 8 heteroatoms. The van der Waals surface area contributed by atoms with E-state index in [9.17, 15) is 10.1 Å². The second-order valence-corrected chi connectivity index (χ2v) is 4.92. The third-order valence-electron chi connectivity index (χ3n) is 3.55. The fourth-order valence-electron chi connectivity index (χ4n) is 2.51. The van der Waals surface area contributed by atoms with Crippen molar-refractivity contribution in [1.82, 2.24) is 9.78 Å². The lowest BCUT2D eigenvalue weighted by Crippen LogP contribution is -2.22. The van der Waals surface area contributed by atoms with Crippen LogP contribution in [-0.4, -0.2) is 46.2 Å². The monoisotopic (exact) mass is 299 g/mol. The fraction of sp³-hybridized carbons (Fsp3) is 0.769. The van der Waals surface area contributed by atoms with Gasteiger partial charge in [-0.15, -0.1) is 5.10 Å². The van der Waals surface area contributed by atoms with Crippen LogP contribution in [-0.2, 0) is 11.2 Å². The summed E-state index contributed by atoms with van der Waals surface area (Å²) in [6, 6.07) is 0.114. The number of nitro groups is 1. The zero-order valence-corrected chi connectivity index (χ0v) is 12.2. The molecule has 21 heavy (non-hydrogen) atoms. The molecule has 1 aliphatic heterocycles. The first kappa shape index (κ1) is 15.7. The van der Waals surface area contributed by atoms with Gasteiger partial charge < -0.3 is 14.6 Å². The van der Waals surface area contributed by atoms with Crippen molar-refractivity contribution in [2.75, 3.05) is 26.4 Å². The van der Waals surface area contributed by atoms with Gasteiger partial charge in [-0.25, -0.2) is 0 Å². The lowest BCUT2D eigenvalue weighted by atomic mass is 10.1. The molecule has 1 fully saturated rings. The Morgan fingerprint density at radius 2 is 2.24 bits per heavy atom. The van der Waals surface area contributed by atoms with Crippen LogP contribution in [0.15, 0.2) is 0 Å². The van der Waals surface area contributed by atoms with Crippen LogP contribution in [0.5, 0.6) is 5.88 Å². The number of nitrogens with zero attached hydrogens (tertiary/aromatic N) is 3. The van der Waals surface area contributed by atoms with Crippen LogP contribution in [0, 0.1) is 10.1 Å². The van der Waals surface area contributed by atoms with Crippen LogP contribution in [0.3, 0.4) is 0 Å². The Balaban J connectivity index is 2.30. The zero-order valence-electron chi connectivity index (χ0n) is 12.2. The number of ether oxygens (including phenoxy) is 2. The van der Waals surface area contributed by atoms with Gasteiger partial charge in [-0.3, -0.25) is 14.8 Å². The van der Waals surface area contributed by atoms with Gasteiger partial charge in [-0.2, -0.15) is 0 Å². The van der Waals surface area contributed by atoms with Crippen molar-refractivity contribution in [3.8, 4) is 5.88 Å². The van der Waals surface area contributed by atoms with E-state index in [4.69, 9.17) is 14.6 Å². The summed E-state index contributed by atoms with van der Waals surface area (Å²) >= 11 is 0. The van der Waals surface area contributed by atoms with E-state index in [0.29, 0.717) is 31.7 Å². The molecule has 1 saturated heterocycles. The minimum atomic E-state index is -0.435. The molecule has 0 spiro atoms. The molecule has 2 heterocycles. The highest BCUT2D eigenvalue weighted by Crippen LogP contribution is 2.35. The third kappa shape index (κ3) is 3.51. The summed E-state index contributed by atoms with van der Waals surface area (Å²) in [5.74, 6) is 0.0526. The standard InChI is InChI=1S/C13H21N3O5/c1-2-11-12(16(18)19)13(21-7-3-6-17)14-15(11)10-4-8-20-9-5-10/h10,17H,2-9H2,1H3. The molecule has 8 nitrogen and oxygen atoms in total. The Labute approximate surface area is 122 Å². The van der Waals surface area contributed by atoms with Crippen LogP contribution in [0.2, 0.25) is 0 Å². The number of rotatable bonds is 7. The van der Waals surface area contributed by atoms with Crippen LogP contribution in [0.1, 0.15) is 37.9 Å². The first-order valence-corrected chi connectivity index (χ1v) is 7.26. The van der Waals surface area contributed by atoms with Crippen molar-refractivity contribution >= 4 is 5.69 Å². The van der Waals surface area contributed by atoms with Crippen molar-refractivity contribution in [3.05, 3.63) is 15.8 Å². The van der Waals surface area contributed by atoms with Crippen LogP contribution in [0.25, 0.3) is 0 Å². The topological polar surface area (TPSA) is 99.7 Å². The van der Waals surface area contributed by atoms with Gasteiger partial charge in [0.15, 0.2) is 0 Å². The minimum absolute atomic E-state index is 0.0187. The van der Waals surface area contributed by atoms with Gasteiger partial charge in [-0.1, -0.05) is 6.92 Å². The van der Waals surface area contributed by atoms with Gasteiger partial charge in [0.05, 0.1) is 17.6 Å². The highest BCUT2D eigenvalue weighted by Gasteiger charge is 2.31. The van der Waals surface area contributed by atoms with Crippen molar-refractivity contribution in [3.63, 3.8) is 0 Å². The van der Waals surface area contributed by atoms with Gasteiger partial charge in [0.2, 0.25) is 0 Å². The van der Waals surface area contributed by atoms with Crippen molar-refractivity contribution in [2.24, 2.45) is 0 Å². The van der Waals surface area contributed by atoms with Gasteiger partial charge >= 0.3 is 11.6 Å². The smallest absolute Gasteiger partial charge is 0.353 e. The predicted molar refractivity (Wildman–Crippen MR) is 74.5 cm³/mol. The van der Waals surface area contributed by atoms with Crippen LogP contribution >= 0.6 is 0 Å². The van der Waals surface area contributed by atoms with E-state index in [-0.39, 0.29) is 30.8 Å². The van der Waals surface area contributed by atoms with E-state index >= 15 is 0 Å². The summed E-state index contributed by atoms with van der Waals surface area (Å²) in [5, 5.41) is 24.4. The van der Waals surface area contributed by atoms with E-state index < -0.39 is 4.92 Å². The Hall–Kier alpha value is -1.67. The number of hydrogen-bond donors (Lipinski definition) is 1. The largest absolute Gasteiger partial charge is 0.472 e.